The molecule has 0 bridgehead atoms. The molecule has 1 N–H and O–H groups in total. The standard InChI is InChI=1S/C14H9ClF2N2O/c15-11-6-4-9(5-7-11)14(20)19-18-8-10-2-1-3-12(16)13(10)17/h1-8H,(H,19,20)/b18-8-. The van der Waals surface area contributed by atoms with Crippen LogP contribution in [-0.2, 0) is 0 Å². The third kappa shape index (κ3) is 3.39. The molecule has 6 heteroatoms. The summed E-state index contributed by atoms with van der Waals surface area (Å²) in [5.74, 6) is -2.47. The van der Waals surface area contributed by atoms with E-state index in [9.17, 15) is 13.6 Å². The summed E-state index contributed by atoms with van der Waals surface area (Å²) in [5, 5.41) is 4.08. The number of hydrazone groups is 1. The van der Waals surface area contributed by atoms with Gasteiger partial charge in [0.05, 0.1) is 6.21 Å². The maximum Gasteiger partial charge on any atom is 0.271 e. The van der Waals surface area contributed by atoms with Crippen molar-refractivity contribution in [3.05, 3.63) is 70.2 Å². The molecule has 2 aromatic carbocycles. The number of hydrogen-bond acceptors (Lipinski definition) is 2. The average molecular weight is 295 g/mol. The number of benzene rings is 2. The number of carbonyl (C=O) groups excluding carboxylic acids is 1. The third-order valence-corrected chi connectivity index (χ3v) is 2.71. The van der Waals surface area contributed by atoms with E-state index in [0.29, 0.717) is 10.6 Å². The molecule has 3 nitrogen and oxygen atoms in total. The lowest BCUT2D eigenvalue weighted by Gasteiger charge is -2.00. The first-order chi connectivity index (χ1) is 9.58. The van der Waals surface area contributed by atoms with Crippen LogP contribution < -0.4 is 5.43 Å². The maximum atomic E-state index is 13.3. The number of amides is 1. The van der Waals surface area contributed by atoms with Crippen LogP contribution in [0.15, 0.2) is 47.6 Å². The van der Waals surface area contributed by atoms with Crippen LogP contribution in [0.1, 0.15) is 15.9 Å². The van der Waals surface area contributed by atoms with Crippen LogP contribution in [0.2, 0.25) is 5.02 Å². The molecule has 0 aromatic heterocycles. The van der Waals surface area contributed by atoms with Gasteiger partial charge in [-0.1, -0.05) is 23.7 Å². The molecule has 0 fully saturated rings. The van der Waals surface area contributed by atoms with Crippen molar-refractivity contribution in [3.63, 3.8) is 0 Å². The van der Waals surface area contributed by atoms with E-state index in [-0.39, 0.29) is 5.56 Å². The molecule has 20 heavy (non-hydrogen) atoms. The zero-order valence-corrected chi connectivity index (χ0v) is 10.9. The van der Waals surface area contributed by atoms with E-state index in [0.717, 1.165) is 12.3 Å². The summed E-state index contributed by atoms with van der Waals surface area (Å²) in [7, 11) is 0. The van der Waals surface area contributed by atoms with E-state index >= 15 is 0 Å². The van der Waals surface area contributed by atoms with Gasteiger partial charge in [0.15, 0.2) is 11.6 Å². The van der Waals surface area contributed by atoms with E-state index in [1.165, 1.54) is 24.3 Å². The van der Waals surface area contributed by atoms with Crippen LogP contribution >= 0.6 is 11.6 Å². The fourth-order valence-electron chi connectivity index (χ4n) is 1.45. The summed E-state index contributed by atoms with van der Waals surface area (Å²) in [6, 6.07) is 9.86. The molecular formula is C14H9ClF2N2O. The summed E-state index contributed by atoms with van der Waals surface area (Å²) in [6.07, 6.45) is 1.03. The zero-order chi connectivity index (χ0) is 14.5. The largest absolute Gasteiger partial charge is 0.271 e. The normalized spacial score (nSPS) is 10.8. The second kappa shape index (κ2) is 6.25. The van der Waals surface area contributed by atoms with E-state index < -0.39 is 17.5 Å². The van der Waals surface area contributed by atoms with Gasteiger partial charge in [-0.2, -0.15) is 5.10 Å². The van der Waals surface area contributed by atoms with Gasteiger partial charge in [0, 0.05) is 16.1 Å². The Labute approximate surface area is 118 Å². The Morgan fingerprint density at radius 2 is 1.85 bits per heavy atom. The maximum absolute atomic E-state index is 13.3. The van der Waals surface area contributed by atoms with Crippen LogP contribution in [0.3, 0.4) is 0 Å². The van der Waals surface area contributed by atoms with Gasteiger partial charge in [-0.3, -0.25) is 4.79 Å². The Hall–Kier alpha value is -2.27. The van der Waals surface area contributed by atoms with Crippen LogP contribution in [0.25, 0.3) is 0 Å². The molecule has 2 aromatic rings. The van der Waals surface area contributed by atoms with Gasteiger partial charge in [0.25, 0.3) is 5.91 Å². The van der Waals surface area contributed by atoms with E-state index in [1.807, 2.05) is 0 Å². The van der Waals surface area contributed by atoms with Crippen molar-refractivity contribution < 1.29 is 13.6 Å². The molecule has 0 aliphatic heterocycles. The molecule has 0 aliphatic carbocycles. The Morgan fingerprint density at radius 3 is 2.55 bits per heavy atom. The molecular weight excluding hydrogens is 286 g/mol. The van der Waals surface area contributed by atoms with Crippen molar-refractivity contribution in [3.8, 4) is 0 Å². The quantitative estimate of drug-likeness (QED) is 0.684. The number of hydrogen-bond donors (Lipinski definition) is 1. The predicted molar refractivity (Wildman–Crippen MR) is 72.9 cm³/mol. The highest BCUT2D eigenvalue weighted by Gasteiger charge is 2.06. The fraction of sp³-hybridized carbons (Fsp3) is 0. The van der Waals surface area contributed by atoms with Gasteiger partial charge in [-0.05, 0) is 30.3 Å². The first kappa shape index (κ1) is 14.1. The van der Waals surface area contributed by atoms with Gasteiger partial charge in [-0.15, -0.1) is 0 Å². The number of carbonyl (C=O) groups is 1. The lowest BCUT2D eigenvalue weighted by Crippen LogP contribution is -2.17. The van der Waals surface area contributed by atoms with E-state index in [4.69, 9.17) is 11.6 Å². The Bertz CT molecular complexity index is 657. The van der Waals surface area contributed by atoms with Crippen LogP contribution in [-0.4, -0.2) is 12.1 Å². The molecule has 0 saturated heterocycles. The lowest BCUT2D eigenvalue weighted by molar-refractivity contribution is 0.0955. The van der Waals surface area contributed by atoms with Crippen molar-refractivity contribution >= 4 is 23.7 Å². The summed E-state index contributed by atoms with van der Waals surface area (Å²) < 4.78 is 26.2. The number of halogens is 3. The molecule has 0 saturated carbocycles. The van der Waals surface area contributed by atoms with Gasteiger partial charge in [-0.25, -0.2) is 14.2 Å². The SMILES string of the molecule is O=C(N/N=C\c1cccc(F)c1F)c1ccc(Cl)cc1. The molecule has 0 aliphatic rings. The summed E-state index contributed by atoms with van der Waals surface area (Å²) in [6.45, 7) is 0. The van der Waals surface area contributed by atoms with Crippen molar-refractivity contribution in [2.24, 2.45) is 5.10 Å². The van der Waals surface area contributed by atoms with Gasteiger partial charge >= 0.3 is 0 Å². The van der Waals surface area contributed by atoms with Crippen molar-refractivity contribution in [2.75, 3.05) is 0 Å². The topological polar surface area (TPSA) is 41.5 Å². The van der Waals surface area contributed by atoms with E-state index in [2.05, 4.69) is 10.5 Å². The summed E-state index contributed by atoms with van der Waals surface area (Å²) in [5.41, 5.74) is 2.51. The smallest absolute Gasteiger partial charge is 0.267 e. The van der Waals surface area contributed by atoms with Crippen molar-refractivity contribution in [2.45, 2.75) is 0 Å². The minimum Gasteiger partial charge on any atom is -0.267 e. The molecule has 0 radical (unpaired) electrons. The molecule has 102 valence electrons. The first-order valence-corrected chi connectivity index (χ1v) is 5.98. The van der Waals surface area contributed by atoms with Crippen molar-refractivity contribution in [1.29, 1.82) is 0 Å². The van der Waals surface area contributed by atoms with Gasteiger partial charge < -0.3 is 0 Å². The lowest BCUT2D eigenvalue weighted by atomic mass is 10.2. The Kier molecular flexibility index (Phi) is 4.42. The highest BCUT2D eigenvalue weighted by molar-refractivity contribution is 6.30. The second-order valence-electron chi connectivity index (χ2n) is 3.85. The number of nitrogens with zero attached hydrogens (tertiary/aromatic N) is 1. The zero-order valence-electron chi connectivity index (χ0n) is 10.1. The van der Waals surface area contributed by atoms with Crippen molar-refractivity contribution in [1.82, 2.24) is 5.43 Å². The average Bonchev–Trinajstić information content (AvgIpc) is 2.44. The molecule has 0 unspecified atom stereocenters. The summed E-state index contributed by atoms with van der Waals surface area (Å²) >= 11 is 5.69. The first-order valence-electron chi connectivity index (χ1n) is 5.61. The number of nitrogens with one attached hydrogen (secondary N) is 1. The van der Waals surface area contributed by atoms with Crippen LogP contribution in [0.4, 0.5) is 8.78 Å². The molecule has 2 rings (SSSR count). The minimum atomic E-state index is -1.02. The third-order valence-electron chi connectivity index (χ3n) is 2.46. The van der Waals surface area contributed by atoms with Crippen LogP contribution in [0, 0.1) is 11.6 Å². The molecule has 0 spiro atoms. The fourth-order valence-corrected chi connectivity index (χ4v) is 1.57. The highest BCUT2D eigenvalue weighted by Crippen LogP contribution is 2.10. The molecule has 0 heterocycles. The van der Waals surface area contributed by atoms with E-state index in [1.54, 1.807) is 12.1 Å². The second-order valence-corrected chi connectivity index (χ2v) is 4.29. The minimum absolute atomic E-state index is 0.0543. The van der Waals surface area contributed by atoms with Crippen LogP contribution in [0.5, 0.6) is 0 Å². The van der Waals surface area contributed by atoms with Gasteiger partial charge in [0.2, 0.25) is 0 Å². The highest BCUT2D eigenvalue weighted by atomic mass is 35.5. The Balaban J connectivity index is 2.04. The molecule has 0 atom stereocenters. The molecule has 1 amide bonds. The predicted octanol–water partition coefficient (Wildman–Crippen LogP) is 3.38. The number of rotatable bonds is 3. The Morgan fingerprint density at radius 1 is 1.15 bits per heavy atom. The monoisotopic (exact) mass is 294 g/mol. The van der Waals surface area contributed by atoms with Gasteiger partial charge in [0.1, 0.15) is 0 Å². The summed E-state index contributed by atoms with van der Waals surface area (Å²) in [4.78, 5) is 11.7.